The molecule has 1 amide bonds. The highest BCUT2D eigenvalue weighted by Crippen LogP contribution is 2.24. The largest absolute Gasteiger partial charge is 0.489 e. The summed E-state index contributed by atoms with van der Waals surface area (Å²) in [6, 6.07) is 24.0. The van der Waals surface area contributed by atoms with Crippen molar-refractivity contribution in [3.8, 4) is 11.8 Å². The first-order valence-corrected chi connectivity index (χ1v) is 11.9. The summed E-state index contributed by atoms with van der Waals surface area (Å²) < 4.78 is 19.4. The number of piperazine rings is 1. The first-order chi connectivity index (χ1) is 17.6. The number of carbonyl (C=O) groups is 1. The van der Waals surface area contributed by atoms with Gasteiger partial charge in [0.05, 0.1) is 0 Å². The predicted octanol–water partition coefficient (Wildman–Crippen LogP) is 5.39. The van der Waals surface area contributed by atoms with Crippen LogP contribution in [0.15, 0.2) is 91.0 Å². The predicted molar refractivity (Wildman–Crippen MR) is 140 cm³/mol. The van der Waals surface area contributed by atoms with E-state index in [4.69, 9.17) is 4.74 Å². The minimum absolute atomic E-state index is 0.0983. The molecule has 0 saturated carbocycles. The van der Waals surface area contributed by atoms with Crippen LogP contribution in [0.25, 0.3) is 6.08 Å². The molecule has 0 unspecified atom stereocenters. The van der Waals surface area contributed by atoms with Crippen molar-refractivity contribution in [1.29, 1.82) is 5.26 Å². The van der Waals surface area contributed by atoms with Gasteiger partial charge in [-0.2, -0.15) is 5.26 Å². The Morgan fingerprint density at radius 1 is 1.03 bits per heavy atom. The number of ether oxygens (including phenoxy) is 1. The molecule has 3 aromatic rings. The van der Waals surface area contributed by atoms with Crippen molar-refractivity contribution in [2.24, 2.45) is 0 Å². The fourth-order valence-electron chi connectivity index (χ4n) is 4.22. The first kappa shape index (κ1) is 24.7. The van der Waals surface area contributed by atoms with Crippen LogP contribution in [-0.2, 0) is 17.8 Å². The molecule has 36 heavy (non-hydrogen) atoms. The highest BCUT2D eigenvalue weighted by atomic mass is 19.1. The summed E-state index contributed by atoms with van der Waals surface area (Å²) in [6.45, 7) is 6.59. The Morgan fingerprint density at radius 3 is 2.50 bits per heavy atom. The topological polar surface area (TPSA) is 56.6 Å². The molecule has 6 heteroatoms. The molecule has 0 atom stereocenters. The highest BCUT2D eigenvalue weighted by Gasteiger charge is 2.24. The Balaban J connectivity index is 1.45. The number of halogens is 1. The molecule has 3 aromatic carbocycles. The molecule has 182 valence electrons. The van der Waals surface area contributed by atoms with Crippen LogP contribution in [0, 0.1) is 17.1 Å². The average Bonchev–Trinajstić information content (AvgIpc) is 2.92. The van der Waals surface area contributed by atoms with Crippen molar-refractivity contribution in [2.45, 2.75) is 13.0 Å². The summed E-state index contributed by atoms with van der Waals surface area (Å²) in [5.74, 6) is 0.0816. The summed E-state index contributed by atoms with van der Waals surface area (Å²) in [6.07, 6.45) is 3.94. The van der Waals surface area contributed by atoms with Gasteiger partial charge in [-0.25, -0.2) is 4.39 Å². The van der Waals surface area contributed by atoms with E-state index in [9.17, 15) is 14.4 Å². The zero-order valence-electron chi connectivity index (χ0n) is 20.1. The van der Waals surface area contributed by atoms with Gasteiger partial charge in [-0.3, -0.25) is 4.79 Å². The lowest BCUT2D eigenvalue weighted by molar-refractivity contribution is -0.126. The van der Waals surface area contributed by atoms with E-state index < -0.39 is 0 Å². The Hall–Kier alpha value is -4.37. The second-order valence-corrected chi connectivity index (χ2v) is 8.56. The Labute approximate surface area is 211 Å². The minimum atomic E-state index is -0.307. The number of hydrogen-bond acceptors (Lipinski definition) is 4. The molecule has 1 aliphatic heterocycles. The van der Waals surface area contributed by atoms with E-state index in [1.165, 1.54) is 12.1 Å². The number of nitriles is 1. The molecule has 4 rings (SSSR count). The van der Waals surface area contributed by atoms with Crippen LogP contribution < -0.4 is 9.64 Å². The Bertz CT molecular complexity index is 1290. The molecular formula is C30H28FN3O2. The monoisotopic (exact) mass is 481 g/mol. The Kier molecular flexibility index (Phi) is 8.15. The van der Waals surface area contributed by atoms with E-state index in [2.05, 4.69) is 29.7 Å². The lowest BCUT2D eigenvalue weighted by Gasteiger charge is -2.36. The lowest BCUT2D eigenvalue weighted by atomic mass is 10.0. The summed E-state index contributed by atoms with van der Waals surface area (Å²) >= 11 is 0. The van der Waals surface area contributed by atoms with Crippen molar-refractivity contribution in [1.82, 2.24) is 4.90 Å². The van der Waals surface area contributed by atoms with Crippen LogP contribution in [0.3, 0.4) is 0 Å². The molecule has 0 N–H and O–H groups in total. The zero-order chi connectivity index (χ0) is 25.3. The second kappa shape index (κ2) is 11.9. The first-order valence-electron chi connectivity index (χ1n) is 11.9. The maximum Gasteiger partial charge on any atom is 0.264 e. The Morgan fingerprint density at radius 2 is 1.81 bits per heavy atom. The smallest absolute Gasteiger partial charge is 0.264 e. The van der Waals surface area contributed by atoms with Gasteiger partial charge in [-0.05, 0) is 65.6 Å². The molecular weight excluding hydrogens is 453 g/mol. The van der Waals surface area contributed by atoms with Gasteiger partial charge >= 0.3 is 0 Å². The van der Waals surface area contributed by atoms with Crippen molar-refractivity contribution < 1.29 is 13.9 Å². The maximum absolute atomic E-state index is 13.5. The molecule has 0 aromatic heterocycles. The van der Waals surface area contributed by atoms with Crippen molar-refractivity contribution in [3.63, 3.8) is 0 Å². The standard InChI is InChI=1S/C30H28FN3O2/c1-2-7-25-18-23(12-13-29(25)36-22-24-8-6-9-27(31)20-24)19-26(21-32)30(35)34-16-14-33(15-17-34)28-10-4-3-5-11-28/h2-6,8-13,18-20H,1,7,14-17,22H2/b26-19-. The van der Waals surface area contributed by atoms with Crippen molar-refractivity contribution in [3.05, 3.63) is 114 Å². The van der Waals surface area contributed by atoms with Crippen molar-refractivity contribution >= 4 is 17.7 Å². The number of amides is 1. The molecule has 1 fully saturated rings. The van der Waals surface area contributed by atoms with Crippen LogP contribution in [0.5, 0.6) is 5.75 Å². The van der Waals surface area contributed by atoms with E-state index in [1.807, 2.05) is 36.4 Å². The molecule has 0 radical (unpaired) electrons. The fourth-order valence-corrected chi connectivity index (χ4v) is 4.22. The molecule has 0 spiro atoms. The second-order valence-electron chi connectivity index (χ2n) is 8.56. The van der Waals surface area contributed by atoms with Crippen LogP contribution >= 0.6 is 0 Å². The van der Waals surface area contributed by atoms with Gasteiger partial charge in [0.1, 0.15) is 29.8 Å². The van der Waals surface area contributed by atoms with Gasteiger partial charge in [0.2, 0.25) is 0 Å². The number of anilines is 1. The maximum atomic E-state index is 13.5. The van der Waals surface area contributed by atoms with E-state index in [-0.39, 0.29) is 23.9 Å². The SMILES string of the molecule is C=CCc1cc(/C=C(/C#N)C(=O)N2CCN(c3ccccc3)CC2)ccc1OCc1cccc(F)c1. The van der Waals surface area contributed by atoms with Crippen molar-refractivity contribution in [2.75, 3.05) is 31.1 Å². The molecule has 1 aliphatic rings. The number of rotatable bonds is 8. The third kappa shape index (κ3) is 6.19. The summed E-state index contributed by atoms with van der Waals surface area (Å²) in [5.41, 5.74) is 3.57. The minimum Gasteiger partial charge on any atom is -0.489 e. The summed E-state index contributed by atoms with van der Waals surface area (Å²) in [7, 11) is 0. The number of hydrogen-bond donors (Lipinski definition) is 0. The number of benzene rings is 3. The third-order valence-electron chi connectivity index (χ3n) is 6.08. The van der Waals surface area contributed by atoms with Gasteiger partial charge in [0.15, 0.2) is 0 Å². The van der Waals surface area contributed by atoms with E-state index >= 15 is 0 Å². The van der Waals surface area contributed by atoms with Crippen LogP contribution in [0.4, 0.5) is 10.1 Å². The van der Waals surface area contributed by atoms with E-state index in [1.54, 1.807) is 29.2 Å². The molecule has 5 nitrogen and oxygen atoms in total. The number of nitrogens with zero attached hydrogens (tertiary/aromatic N) is 3. The van der Waals surface area contributed by atoms with Gasteiger partial charge in [0, 0.05) is 31.9 Å². The average molecular weight is 482 g/mol. The molecule has 1 heterocycles. The third-order valence-corrected chi connectivity index (χ3v) is 6.08. The summed E-state index contributed by atoms with van der Waals surface area (Å²) in [4.78, 5) is 17.1. The fraction of sp³-hybridized carbons (Fsp3) is 0.200. The van der Waals surface area contributed by atoms with Crippen LogP contribution in [0.1, 0.15) is 16.7 Å². The van der Waals surface area contributed by atoms with Crippen LogP contribution in [-0.4, -0.2) is 37.0 Å². The van der Waals surface area contributed by atoms with Gasteiger partial charge < -0.3 is 14.5 Å². The molecule has 1 saturated heterocycles. The number of allylic oxidation sites excluding steroid dienone is 1. The van der Waals surface area contributed by atoms with E-state index in [0.29, 0.717) is 25.3 Å². The van der Waals surface area contributed by atoms with Crippen LogP contribution in [0.2, 0.25) is 0 Å². The normalized spacial score (nSPS) is 13.7. The van der Waals surface area contributed by atoms with E-state index in [0.717, 1.165) is 35.5 Å². The number of para-hydroxylation sites is 1. The molecule has 0 aliphatic carbocycles. The quantitative estimate of drug-likeness (QED) is 0.246. The summed E-state index contributed by atoms with van der Waals surface area (Å²) in [5, 5.41) is 9.73. The molecule has 0 bridgehead atoms. The van der Waals surface area contributed by atoms with Gasteiger partial charge in [-0.15, -0.1) is 6.58 Å². The van der Waals surface area contributed by atoms with Gasteiger partial charge in [-0.1, -0.05) is 42.5 Å². The number of carbonyl (C=O) groups excluding carboxylic acids is 1. The lowest BCUT2D eigenvalue weighted by Crippen LogP contribution is -2.49. The highest BCUT2D eigenvalue weighted by molar-refractivity contribution is 6.01. The zero-order valence-corrected chi connectivity index (χ0v) is 20.1. The van der Waals surface area contributed by atoms with Gasteiger partial charge in [0.25, 0.3) is 5.91 Å².